The fraction of sp³-hybridized carbons (Fsp3) is 0.533. The molecule has 0 spiro atoms. The Morgan fingerprint density at radius 2 is 1.95 bits per heavy atom. The molecule has 0 N–H and O–H groups in total. The highest BCUT2D eigenvalue weighted by Crippen LogP contribution is 2.32. The maximum absolute atomic E-state index is 12.5. The molecule has 5 nitrogen and oxygen atoms in total. The minimum absolute atomic E-state index is 0.0708. The first-order valence-corrected chi connectivity index (χ1v) is 9.55. The Kier molecular flexibility index (Phi) is 4.32. The van der Waals surface area contributed by atoms with E-state index in [-0.39, 0.29) is 36.1 Å². The summed E-state index contributed by atoms with van der Waals surface area (Å²) in [5.74, 6) is 0.540. The van der Waals surface area contributed by atoms with E-state index in [9.17, 15) is 13.2 Å². The van der Waals surface area contributed by atoms with Crippen molar-refractivity contribution in [2.24, 2.45) is 0 Å². The van der Waals surface area contributed by atoms with Crippen molar-refractivity contribution in [3.05, 3.63) is 29.3 Å². The minimum Gasteiger partial charge on any atom is -0.482 e. The number of carbonyl (C=O) groups excluding carboxylic acids is 1. The molecular weight excluding hydrogens is 326 g/mol. The van der Waals surface area contributed by atoms with Gasteiger partial charge >= 0.3 is 0 Å². The highest BCUT2D eigenvalue weighted by Gasteiger charge is 2.42. The Bertz CT molecular complexity index is 672. The van der Waals surface area contributed by atoms with Crippen LogP contribution < -0.4 is 4.74 Å². The van der Waals surface area contributed by atoms with Crippen LogP contribution in [0.25, 0.3) is 0 Å². The molecule has 1 saturated heterocycles. The van der Waals surface area contributed by atoms with Crippen LogP contribution in [0, 0.1) is 0 Å². The summed E-state index contributed by atoms with van der Waals surface area (Å²) in [7, 11) is -3.01. The first-order chi connectivity index (χ1) is 10.5. The number of hydrogen-bond donors (Lipinski definition) is 0. The zero-order chi connectivity index (χ0) is 15.7. The zero-order valence-electron chi connectivity index (χ0n) is 12.1. The Balaban J connectivity index is 1.65. The molecule has 3 rings (SSSR count). The summed E-state index contributed by atoms with van der Waals surface area (Å²) in [5.41, 5.74) is 0. The predicted molar refractivity (Wildman–Crippen MR) is 83.9 cm³/mol. The third-order valence-electron chi connectivity index (χ3n) is 4.02. The van der Waals surface area contributed by atoms with E-state index in [0.29, 0.717) is 17.2 Å². The lowest BCUT2D eigenvalue weighted by Gasteiger charge is -2.28. The van der Waals surface area contributed by atoms with Crippen LogP contribution in [0.4, 0.5) is 0 Å². The summed E-state index contributed by atoms with van der Waals surface area (Å²) >= 11 is 6.00. The molecule has 1 aliphatic carbocycles. The van der Waals surface area contributed by atoms with Gasteiger partial charge in [-0.3, -0.25) is 4.79 Å². The molecule has 0 aromatic heterocycles. The number of benzene rings is 1. The average Bonchev–Trinajstić information content (AvgIpc) is 3.22. The lowest BCUT2D eigenvalue weighted by molar-refractivity contribution is -0.135. The molecule has 1 unspecified atom stereocenters. The zero-order valence-corrected chi connectivity index (χ0v) is 13.6. The van der Waals surface area contributed by atoms with Gasteiger partial charge in [-0.05, 0) is 31.4 Å². The van der Waals surface area contributed by atoms with Gasteiger partial charge in [-0.25, -0.2) is 8.42 Å². The number of hydrogen-bond acceptors (Lipinski definition) is 4. The maximum Gasteiger partial charge on any atom is 0.261 e. The van der Waals surface area contributed by atoms with Crippen LogP contribution in [-0.2, 0) is 14.6 Å². The van der Waals surface area contributed by atoms with Crippen LogP contribution in [0.15, 0.2) is 24.3 Å². The second-order valence-corrected chi connectivity index (χ2v) is 8.44. The fourth-order valence-electron chi connectivity index (χ4n) is 2.83. The summed E-state index contributed by atoms with van der Waals surface area (Å²) in [4.78, 5) is 14.2. The molecule has 7 heteroatoms. The second kappa shape index (κ2) is 6.08. The number of rotatable bonds is 5. The Morgan fingerprint density at radius 3 is 2.55 bits per heavy atom. The molecule has 1 atom stereocenters. The molecule has 0 bridgehead atoms. The first kappa shape index (κ1) is 15.6. The summed E-state index contributed by atoms with van der Waals surface area (Å²) in [6, 6.07) is 6.94. The van der Waals surface area contributed by atoms with E-state index in [1.807, 2.05) is 0 Å². The van der Waals surface area contributed by atoms with Crippen LogP contribution in [0.1, 0.15) is 19.3 Å². The Morgan fingerprint density at radius 1 is 1.23 bits per heavy atom. The van der Waals surface area contributed by atoms with Crippen molar-refractivity contribution in [2.75, 3.05) is 18.1 Å². The summed E-state index contributed by atoms with van der Waals surface area (Å²) in [6.07, 6.45) is 2.40. The van der Waals surface area contributed by atoms with Crippen LogP contribution in [0.5, 0.6) is 5.75 Å². The van der Waals surface area contributed by atoms with E-state index in [4.69, 9.17) is 16.3 Å². The van der Waals surface area contributed by atoms with Gasteiger partial charge in [0, 0.05) is 12.1 Å². The second-order valence-electron chi connectivity index (χ2n) is 5.81. The van der Waals surface area contributed by atoms with Crippen LogP contribution in [-0.4, -0.2) is 49.4 Å². The van der Waals surface area contributed by atoms with Crippen molar-refractivity contribution in [3.63, 3.8) is 0 Å². The molecule has 1 amide bonds. The quantitative estimate of drug-likeness (QED) is 0.819. The normalized spacial score (nSPS) is 23.2. The number of sulfone groups is 1. The van der Waals surface area contributed by atoms with Gasteiger partial charge in [-0.2, -0.15) is 0 Å². The Hall–Kier alpha value is -1.27. The molecule has 0 radical (unpaired) electrons. The number of amides is 1. The van der Waals surface area contributed by atoms with Crippen molar-refractivity contribution < 1.29 is 17.9 Å². The van der Waals surface area contributed by atoms with Gasteiger partial charge in [0.15, 0.2) is 16.4 Å². The van der Waals surface area contributed by atoms with Crippen molar-refractivity contribution in [1.82, 2.24) is 4.90 Å². The van der Waals surface area contributed by atoms with Gasteiger partial charge in [0.25, 0.3) is 5.91 Å². The van der Waals surface area contributed by atoms with E-state index >= 15 is 0 Å². The summed E-state index contributed by atoms with van der Waals surface area (Å²) in [5, 5.41) is 0.455. The molecule has 1 aromatic rings. The third kappa shape index (κ3) is 3.55. The standard InChI is InChI=1S/C15H18ClNO4S/c16-13-3-1-2-4-14(13)21-9-15(18)17(11-5-6-11)12-7-8-22(19,20)10-12/h1-4,11-12H,5-10H2. The molecule has 1 saturated carbocycles. The van der Waals surface area contributed by atoms with Gasteiger partial charge < -0.3 is 9.64 Å². The predicted octanol–water partition coefficient (Wildman–Crippen LogP) is 1.90. The van der Waals surface area contributed by atoms with Gasteiger partial charge in [-0.1, -0.05) is 23.7 Å². The van der Waals surface area contributed by atoms with E-state index in [1.165, 1.54) is 0 Å². The number of nitrogens with zero attached hydrogens (tertiary/aromatic N) is 1. The molecule has 22 heavy (non-hydrogen) atoms. The Labute approximate surface area is 135 Å². The number of halogens is 1. The monoisotopic (exact) mass is 343 g/mol. The molecule has 1 aliphatic heterocycles. The molecular formula is C15H18ClNO4S. The minimum atomic E-state index is -3.01. The van der Waals surface area contributed by atoms with Crippen molar-refractivity contribution in [3.8, 4) is 5.75 Å². The molecule has 1 heterocycles. The van der Waals surface area contributed by atoms with E-state index in [2.05, 4.69) is 0 Å². The SMILES string of the molecule is O=C(COc1ccccc1Cl)N(C1CC1)C1CCS(=O)(=O)C1. The lowest BCUT2D eigenvalue weighted by Crippen LogP contribution is -2.45. The smallest absolute Gasteiger partial charge is 0.261 e. The highest BCUT2D eigenvalue weighted by molar-refractivity contribution is 7.91. The number of carbonyl (C=O) groups is 1. The summed E-state index contributed by atoms with van der Waals surface area (Å²) < 4.78 is 28.8. The molecule has 120 valence electrons. The largest absolute Gasteiger partial charge is 0.482 e. The van der Waals surface area contributed by atoms with Gasteiger partial charge in [0.05, 0.1) is 16.5 Å². The lowest BCUT2D eigenvalue weighted by atomic mass is 10.2. The summed E-state index contributed by atoms with van der Waals surface area (Å²) in [6.45, 7) is -0.114. The molecule has 2 aliphatic rings. The van der Waals surface area contributed by atoms with Crippen molar-refractivity contribution in [2.45, 2.75) is 31.3 Å². The van der Waals surface area contributed by atoms with Crippen LogP contribution >= 0.6 is 11.6 Å². The fourth-order valence-corrected chi connectivity index (χ4v) is 4.73. The molecule has 1 aromatic carbocycles. The van der Waals surface area contributed by atoms with Gasteiger partial charge in [0.1, 0.15) is 5.75 Å². The van der Waals surface area contributed by atoms with Gasteiger partial charge in [0.2, 0.25) is 0 Å². The number of ether oxygens (including phenoxy) is 1. The first-order valence-electron chi connectivity index (χ1n) is 7.35. The average molecular weight is 344 g/mol. The van der Waals surface area contributed by atoms with Crippen LogP contribution in [0.2, 0.25) is 5.02 Å². The van der Waals surface area contributed by atoms with E-state index < -0.39 is 9.84 Å². The van der Waals surface area contributed by atoms with E-state index in [0.717, 1.165) is 12.8 Å². The van der Waals surface area contributed by atoms with Gasteiger partial charge in [-0.15, -0.1) is 0 Å². The number of para-hydroxylation sites is 1. The topological polar surface area (TPSA) is 63.7 Å². The van der Waals surface area contributed by atoms with Crippen molar-refractivity contribution in [1.29, 1.82) is 0 Å². The van der Waals surface area contributed by atoms with Crippen LogP contribution in [0.3, 0.4) is 0 Å². The van der Waals surface area contributed by atoms with E-state index in [1.54, 1.807) is 29.2 Å². The third-order valence-corrected chi connectivity index (χ3v) is 6.08. The maximum atomic E-state index is 12.5. The molecule has 2 fully saturated rings. The van der Waals surface area contributed by atoms with Crippen molar-refractivity contribution >= 4 is 27.3 Å². The highest BCUT2D eigenvalue weighted by atomic mass is 35.5.